The molecular formula is C40H83NO7P+. The van der Waals surface area contributed by atoms with Gasteiger partial charge in [0.05, 0.1) is 34.4 Å². The minimum Gasteiger partial charge on any atom is -0.457 e. The molecule has 0 saturated carbocycles. The Bertz CT molecular complexity index is 761. The summed E-state index contributed by atoms with van der Waals surface area (Å²) in [6.07, 6.45) is 34.1. The van der Waals surface area contributed by atoms with Gasteiger partial charge in [0.15, 0.2) is 0 Å². The van der Waals surface area contributed by atoms with Crippen LogP contribution in [0.5, 0.6) is 0 Å². The Morgan fingerprint density at radius 2 is 0.939 bits per heavy atom. The number of esters is 1. The van der Waals surface area contributed by atoms with E-state index in [4.69, 9.17) is 18.5 Å². The molecular weight excluding hydrogens is 637 g/mol. The second-order valence-corrected chi connectivity index (χ2v) is 16.8. The van der Waals surface area contributed by atoms with Crippen molar-refractivity contribution in [1.29, 1.82) is 0 Å². The van der Waals surface area contributed by atoms with Crippen molar-refractivity contribution in [2.24, 2.45) is 0 Å². The summed E-state index contributed by atoms with van der Waals surface area (Å²) < 4.78 is 34.9. The number of likely N-dealkylation sites (N-methyl/N-ethyl adjacent to an activating group) is 1. The van der Waals surface area contributed by atoms with Gasteiger partial charge < -0.3 is 18.9 Å². The highest BCUT2D eigenvalue weighted by molar-refractivity contribution is 7.47. The van der Waals surface area contributed by atoms with Crippen LogP contribution >= 0.6 is 7.82 Å². The van der Waals surface area contributed by atoms with Gasteiger partial charge in [-0.25, -0.2) is 4.57 Å². The van der Waals surface area contributed by atoms with Gasteiger partial charge in [0, 0.05) is 13.0 Å². The third kappa shape index (κ3) is 38.6. The van der Waals surface area contributed by atoms with Crippen molar-refractivity contribution in [3.8, 4) is 0 Å². The molecule has 0 aliphatic rings. The van der Waals surface area contributed by atoms with E-state index in [0.717, 1.165) is 32.1 Å². The van der Waals surface area contributed by atoms with Crippen LogP contribution in [0.1, 0.15) is 194 Å². The number of quaternary nitrogens is 1. The van der Waals surface area contributed by atoms with Gasteiger partial charge in [0.25, 0.3) is 0 Å². The zero-order chi connectivity index (χ0) is 36.3. The molecule has 0 aromatic rings. The van der Waals surface area contributed by atoms with Crippen molar-refractivity contribution in [3.05, 3.63) is 0 Å². The van der Waals surface area contributed by atoms with Gasteiger partial charge in [-0.15, -0.1) is 0 Å². The molecule has 0 saturated heterocycles. The molecule has 2 unspecified atom stereocenters. The first kappa shape index (κ1) is 48.5. The Kier molecular flexibility index (Phi) is 34.2. The molecule has 1 N–H and O–H groups in total. The number of hydrogen-bond acceptors (Lipinski definition) is 6. The van der Waals surface area contributed by atoms with Gasteiger partial charge in [-0.3, -0.25) is 13.8 Å². The molecule has 0 radical (unpaired) electrons. The Morgan fingerprint density at radius 3 is 1.35 bits per heavy atom. The molecule has 294 valence electrons. The standard InChI is InChI=1S/C40H82NO7P/c1-6-8-10-12-14-16-18-19-20-21-22-23-24-26-28-30-32-35-45-37-39(38-47-49(43,44)46-36-34-41(3,4)5)48-40(42)33-31-29-27-25-17-15-13-11-9-7-2/h39H,6-38H2,1-5H3/p+1. The Hall–Kier alpha value is -0.500. The minimum atomic E-state index is -4.26. The number of phosphoric acid groups is 1. The highest BCUT2D eigenvalue weighted by atomic mass is 31.2. The fourth-order valence-electron chi connectivity index (χ4n) is 5.91. The van der Waals surface area contributed by atoms with Crippen molar-refractivity contribution in [2.45, 2.75) is 200 Å². The maximum absolute atomic E-state index is 12.6. The summed E-state index contributed by atoms with van der Waals surface area (Å²) >= 11 is 0. The zero-order valence-electron chi connectivity index (χ0n) is 33.2. The molecule has 2 atom stereocenters. The molecule has 49 heavy (non-hydrogen) atoms. The van der Waals surface area contributed by atoms with E-state index in [0.29, 0.717) is 24.1 Å². The van der Waals surface area contributed by atoms with Gasteiger partial charge in [-0.2, -0.15) is 0 Å². The Balaban J connectivity index is 4.16. The summed E-state index contributed by atoms with van der Waals surface area (Å²) in [4.78, 5) is 22.8. The lowest BCUT2D eigenvalue weighted by molar-refractivity contribution is -0.870. The van der Waals surface area contributed by atoms with Crippen molar-refractivity contribution in [3.63, 3.8) is 0 Å². The fraction of sp³-hybridized carbons (Fsp3) is 0.975. The smallest absolute Gasteiger partial charge is 0.457 e. The lowest BCUT2D eigenvalue weighted by Gasteiger charge is -2.24. The normalized spacial score (nSPS) is 13.8. The maximum atomic E-state index is 12.6. The maximum Gasteiger partial charge on any atom is 0.472 e. The van der Waals surface area contributed by atoms with Crippen LogP contribution in [0.25, 0.3) is 0 Å². The summed E-state index contributed by atoms with van der Waals surface area (Å²) in [5, 5.41) is 0. The zero-order valence-corrected chi connectivity index (χ0v) is 34.1. The first-order chi connectivity index (χ1) is 23.6. The molecule has 0 bridgehead atoms. The molecule has 0 aromatic heterocycles. The first-order valence-corrected chi connectivity index (χ1v) is 22.3. The number of unbranched alkanes of at least 4 members (excludes halogenated alkanes) is 25. The van der Waals surface area contributed by atoms with Gasteiger partial charge in [0.1, 0.15) is 19.3 Å². The van der Waals surface area contributed by atoms with Gasteiger partial charge in [-0.1, -0.05) is 174 Å². The topological polar surface area (TPSA) is 91.3 Å². The first-order valence-electron chi connectivity index (χ1n) is 20.8. The second kappa shape index (κ2) is 34.6. The second-order valence-electron chi connectivity index (χ2n) is 15.4. The minimum absolute atomic E-state index is 0.0935. The van der Waals surface area contributed by atoms with Crippen LogP contribution < -0.4 is 0 Å². The predicted octanol–water partition coefficient (Wildman–Crippen LogP) is 11.7. The Morgan fingerprint density at radius 1 is 0.551 bits per heavy atom. The molecule has 0 rings (SSSR count). The number of phosphoric ester groups is 1. The third-order valence-corrected chi connectivity index (χ3v) is 10.2. The van der Waals surface area contributed by atoms with E-state index in [1.54, 1.807) is 0 Å². The summed E-state index contributed by atoms with van der Waals surface area (Å²) in [7, 11) is 1.68. The van der Waals surface area contributed by atoms with E-state index < -0.39 is 13.9 Å². The van der Waals surface area contributed by atoms with E-state index in [9.17, 15) is 14.3 Å². The predicted molar refractivity (Wildman–Crippen MR) is 206 cm³/mol. The quantitative estimate of drug-likeness (QED) is 0.0292. The van der Waals surface area contributed by atoms with Crippen LogP contribution in [0.3, 0.4) is 0 Å². The van der Waals surface area contributed by atoms with Crippen LogP contribution in [-0.4, -0.2) is 75.6 Å². The summed E-state index contributed by atoms with van der Waals surface area (Å²) in [6, 6.07) is 0. The fourth-order valence-corrected chi connectivity index (χ4v) is 6.65. The number of carbonyl (C=O) groups is 1. The summed E-state index contributed by atoms with van der Waals surface area (Å²) in [5.41, 5.74) is 0. The van der Waals surface area contributed by atoms with Gasteiger partial charge >= 0.3 is 13.8 Å². The molecule has 0 aliphatic carbocycles. The molecule has 0 heterocycles. The van der Waals surface area contributed by atoms with E-state index in [-0.39, 0.29) is 25.8 Å². The SMILES string of the molecule is CCCCCCCCCCCCCCCCCCCOCC(COP(=O)(O)OCC[N+](C)(C)C)OC(=O)CCCCCCCCCCCC. The number of nitrogens with zero attached hydrogens (tertiary/aromatic N) is 1. The molecule has 0 amide bonds. The van der Waals surface area contributed by atoms with E-state index in [1.165, 1.54) is 141 Å². The van der Waals surface area contributed by atoms with Crippen molar-refractivity contribution < 1.29 is 37.3 Å². The average molecular weight is 721 g/mol. The van der Waals surface area contributed by atoms with Crippen LogP contribution in [0.15, 0.2) is 0 Å². The number of rotatable bonds is 39. The van der Waals surface area contributed by atoms with Crippen molar-refractivity contribution >= 4 is 13.8 Å². The molecule has 0 spiro atoms. The van der Waals surface area contributed by atoms with E-state index in [2.05, 4.69) is 13.8 Å². The van der Waals surface area contributed by atoms with E-state index in [1.807, 2.05) is 21.1 Å². The Labute approximate surface area is 304 Å². The highest BCUT2D eigenvalue weighted by Crippen LogP contribution is 2.43. The summed E-state index contributed by atoms with van der Waals surface area (Å²) in [6.45, 7) is 5.65. The number of ether oxygens (including phenoxy) is 2. The molecule has 9 heteroatoms. The van der Waals surface area contributed by atoms with Gasteiger partial charge in [0.2, 0.25) is 0 Å². The van der Waals surface area contributed by atoms with Crippen LogP contribution in [-0.2, 0) is 27.9 Å². The van der Waals surface area contributed by atoms with E-state index >= 15 is 0 Å². The third-order valence-electron chi connectivity index (χ3n) is 9.17. The highest BCUT2D eigenvalue weighted by Gasteiger charge is 2.26. The monoisotopic (exact) mass is 721 g/mol. The largest absolute Gasteiger partial charge is 0.472 e. The van der Waals surface area contributed by atoms with Crippen LogP contribution in [0.4, 0.5) is 0 Å². The van der Waals surface area contributed by atoms with Gasteiger partial charge in [-0.05, 0) is 12.8 Å². The lowest BCUT2D eigenvalue weighted by Crippen LogP contribution is -2.37. The number of hydrogen-bond donors (Lipinski definition) is 1. The van der Waals surface area contributed by atoms with Crippen molar-refractivity contribution in [2.75, 3.05) is 54.1 Å². The molecule has 0 aromatic carbocycles. The van der Waals surface area contributed by atoms with Crippen LogP contribution in [0, 0.1) is 0 Å². The molecule has 8 nitrogen and oxygen atoms in total. The van der Waals surface area contributed by atoms with Crippen molar-refractivity contribution in [1.82, 2.24) is 0 Å². The molecule has 0 fully saturated rings. The van der Waals surface area contributed by atoms with Crippen LogP contribution in [0.2, 0.25) is 0 Å². The average Bonchev–Trinajstić information content (AvgIpc) is 3.04. The molecule has 0 aliphatic heterocycles. The number of carbonyl (C=O) groups excluding carboxylic acids is 1. The lowest BCUT2D eigenvalue weighted by atomic mass is 10.0. The summed E-state index contributed by atoms with van der Waals surface area (Å²) in [5.74, 6) is -0.312.